The normalized spacial score (nSPS) is 19.2. The first kappa shape index (κ1) is 21.5. The second-order valence-corrected chi connectivity index (χ2v) is 7.42. The lowest BCUT2D eigenvalue weighted by molar-refractivity contribution is -0.136. The molecule has 168 valence electrons. The summed E-state index contributed by atoms with van der Waals surface area (Å²) in [5.41, 5.74) is -0.584. The van der Waals surface area contributed by atoms with Crippen LogP contribution in [-0.2, 0) is 15.1 Å². The van der Waals surface area contributed by atoms with Gasteiger partial charge in [-0.3, -0.25) is 14.5 Å². The van der Waals surface area contributed by atoms with E-state index in [2.05, 4.69) is 10.6 Å². The molecule has 0 radical (unpaired) electrons. The summed E-state index contributed by atoms with van der Waals surface area (Å²) in [6.07, 6.45) is 0.308. The molecule has 2 aromatic carbocycles. The number of nitrogens with one attached hydrogen (secondary N) is 2. The van der Waals surface area contributed by atoms with Crippen LogP contribution < -0.4 is 24.8 Å². The van der Waals surface area contributed by atoms with E-state index in [1.165, 1.54) is 0 Å². The third kappa shape index (κ3) is 4.18. The summed E-state index contributed by atoms with van der Waals surface area (Å²) in [4.78, 5) is 39.0. The highest BCUT2D eigenvalue weighted by Gasteiger charge is 2.55. The number of urea groups is 1. The average Bonchev–Trinajstić information content (AvgIpc) is 3.03. The molecule has 0 bridgehead atoms. The standard InChI is InChI=1S/C23H25N3O6/c1-2-30-16-7-9-17(10-8-16)31-14-12-24-20(27)15-26-21(28)23(25-22(26)29)11-13-32-19-6-4-3-5-18(19)23/h3-10H,2,11-15H2,1H3,(H,24,27)(H,25,29). The minimum absolute atomic E-state index is 0.234. The van der Waals surface area contributed by atoms with Crippen molar-refractivity contribution >= 4 is 17.8 Å². The lowest BCUT2D eigenvalue weighted by Crippen LogP contribution is -2.48. The van der Waals surface area contributed by atoms with E-state index >= 15 is 0 Å². The molecule has 2 N–H and O–H groups in total. The van der Waals surface area contributed by atoms with Crippen molar-refractivity contribution in [3.63, 3.8) is 0 Å². The Morgan fingerprint density at radius 1 is 1.12 bits per heavy atom. The molecule has 32 heavy (non-hydrogen) atoms. The third-order valence-electron chi connectivity index (χ3n) is 5.39. The molecule has 2 heterocycles. The van der Waals surface area contributed by atoms with Crippen molar-refractivity contribution in [1.82, 2.24) is 15.5 Å². The minimum atomic E-state index is -1.19. The monoisotopic (exact) mass is 439 g/mol. The summed E-state index contributed by atoms with van der Waals surface area (Å²) in [5.74, 6) is 1.08. The van der Waals surface area contributed by atoms with Gasteiger partial charge >= 0.3 is 6.03 Å². The molecule has 0 saturated carbocycles. The quantitative estimate of drug-likeness (QED) is 0.480. The van der Waals surface area contributed by atoms with Gasteiger partial charge in [0.15, 0.2) is 5.54 Å². The van der Waals surface area contributed by atoms with Crippen LogP contribution in [0.3, 0.4) is 0 Å². The van der Waals surface area contributed by atoms with E-state index in [9.17, 15) is 14.4 Å². The van der Waals surface area contributed by atoms with Crippen LogP contribution in [0.1, 0.15) is 18.9 Å². The Hall–Kier alpha value is -3.75. The molecule has 2 aliphatic heterocycles. The zero-order chi connectivity index (χ0) is 22.6. The van der Waals surface area contributed by atoms with Gasteiger partial charge < -0.3 is 24.8 Å². The van der Waals surface area contributed by atoms with Crippen LogP contribution in [-0.4, -0.2) is 55.7 Å². The number of rotatable bonds is 8. The highest BCUT2D eigenvalue weighted by Crippen LogP contribution is 2.40. The number of para-hydroxylation sites is 1. The predicted octanol–water partition coefficient (Wildman–Crippen LogP) is 1.81. The maximum Gasteiger partial charge on any atom is 0.325 e. The van der Waals surface area contributed by atoms with Crippen LogP contribution in [0, 0.1) is 0 Å². The number of benzene rings is 2. The van der Waals surface area contributed by atoms with E-state index in [0.717, 1.165) is 10.6 Å². The van der Waals surface area contributed by atoms with Gasteiger partial charge in [-0.1, -0.05) is 18.2 Å². The number of carbonyl (C=O) groups excluding carboxylic acids is 3. The molecule has 9 heteroatoms. The smallest absolute Gasteiger partial charge is 0.325 e. The molecule has 2 aromatic rings. The van der Waals surface area contributed by atoms with Gasteiger partial charge in [0.1, 0.15) is 30.4 Å². The maximum absolute atomic E-state index is 13.2. The van der Waals surface area contributed by atoms with Gasteiger partial charge in [-0.2, -0.15) is 0 Å². The van der Waals surface area contributed by atoms with Gasteiger partial charge in [-0.25, -0.2) is 4.79 Å². The molecular formula is C23H25N3O6. The second-order valence-electron chi connectivity index (χ2n) is 7.42. The topological polar surface area (TPSA) is 106 Å². The van der Waals surface area contributed by atoms with Crippen LogP contribution in [0.4, 0.5) is 4.79 Å². The predicted molar refractivity (Wildman–Crippen MR) is 115 cm³/mol. The Morgan fingerprint density at radius 2 is 1.84 bits per heavy atom. The molecule has 0 aromatic heterocycles. The van der Waals surface area contributed by atoms with E-state index in [1.54, 1.807) is 48.5 Å². The highest BCUT2D eigenvalue weighted by atomic mass is 16.5. The van der Waals surface area contributed by atoms with Crippen molar-refractivity contribution in [3.05, 3.63) is 54.1 Å². The van der Waals surface area contributed by atoms with Gasteiger partial charge in [-0.05, 0) is 37.3 Å². The molecule has 9 nitrogen and oxygen atoms in total. The first-order valence-electron chi connectivity index (χ1n) is 10.5. The lowest BCUT2D eigenvalue weighted by Gasteiger charge is -2.33. The lowest BCUT2D eigenvalue weighted by atomic mass is 9.84. The zero-order valence-corrected chi connectivity index (χ0v) is 17.8. The summed E-state index contributed by atoms with van der Waals surface area (Å²) in [6.45, 7) is 2.91. The fourth-order valence-electron chi connectivity index (χ4n) is 3.87. The first-order chi connectivity index (χ1) is 15.5. The van der Waals surface area contributed by atoms with Crippen molar-refractivity contribution in [2.45, 2.75) is 18.9 Å². The van der Waals surface area contributed by atoms with Crippen LogP contribution in [0.5, 0.6) is 17.2 Å². The summed E-state index contributed by atoms with van der Waals surface area (Å²) in [7, 11) is 0. The summed E-state index contributed by atoms with van der Waals surface area (Å²) in [5, 5.41) is 5.45. The third-order valence-corrected chi connectivity index (χ3v) is 5.39. The molecular weight excluding hydrogens is 414 g/mol. The zero-order valence-electron chi connectivity index (χ0n) is 17.8. The highest BCUT2D eigenvalue weighted by molar-refractivity contribution is 6.09. The second kappa shape index (κ2) is 9.17. The SMILES string of the molecule is CCOc1ccc(OCCNC(=O)CN2C(=O)NC3(CCOc4ccccc43)C2=O)cc1. The summed E-state index contributed by atoms with van der Waals surface area (Å²) < 4.78 is 16.6. The van der Waals surface area contributed by atoms with Gasteiger partial charge in [0, 0.05) is 12.0 Å². The van der Waals surface area contributed by atoms with Crippen molar-refractivity contribution < 1.29 is 28.6 Å². The van der Waals surface area contributed by atoms with Gasteiger partial charge in [0.25, 0.3) is 5.91 Å². The number of amides is 4. The number of hydrogen-bond donors (Lipinski definition) is 2. The molecule has 1 atom stereocenters. The molecule has 4 rings (SSSR count). The van der Waals surface area contributed by atoms with Crippen LogP contribution in [0.25, 0.3) is 0 Å². The van der Waals surface area contributed by atoms with E-state index < -0.39 is 23.4 Å². The van der Waals surface area contributed by atoms with E-state index in [0.29, 0.717) is 36.7 Å². The summed E-state index contributed by atoms with van der Waals surface area (Å²) in [6, 6.07) is 13.7. The molecule has 4 amide bonds. The van der Waals surface area contributed by atoms with Crippen LogP contribution in [0.15, 0.2) is 48.5 Å². The fourth-order valence-corrected chi connectivity index (χ4v) is 3.87. The Labute approximate surface area is 185 Å². The minimum Gasteiger partial charge on any atom is -0.494 e. The Morgan fingerprint density at radius 3 is 2.59 bits per heavy atom. The van der Waals surface area contributed by atoms with Crippen molar-refractivity contribution in [2.75, 3.05) is 32.9 Å². The van der Waals surface area contributed by atoms with Crippen LogP contribution in [0.2, 0.25) is 0 Å². The molecule has 0 aliphatic carbocycles. The Balaban J connectivity index is 1.29. The van der Waals surface area contributed by atoms with Gasteiger partial charge in [0.05, 0.1) is 19.8 Å². The van der Waals surface area contributed by atoms with Crippen molar-refractivity contribution in [3.8, 4) is 17.2 Å². The Bertz CT molecular complexity index is 1010. The number of nitrogens with zero attached hydrogens (tertiary/aromatic N) is 1. The number of imide groups is 1. The molecule has 1 saturated heterocycles. The summed E-state index contributed by atoms with van der Waals surface area (Å²) >= 11 is 0. The average molecular weight is 439 g/mol. The number of carbonyl (C=O) groups is 3. The fraction of sp³-hybridized carbons (Fsp3) is 0.348. The maximum atomic E-state index is 13.2. The van der Waals surface area contributed by atoms with Gasteiger partial charge in [0.2, 0.25) is 5.91 Å². The van der Waals surface area contributed by atoms with Crippen LogP contribution >= 0.6 is 0 Å². The van der Waals surface area contributed by atoms with Gasteiger partial charge in [-0.15, -0.1) is 0 Å². The van der Waals surface area contributed by atoms with Crippen molar-refractivity contribution in [1.29, 1.82) is 0 Å². The van der Waals surface area contributed by atoms with E-state index in [-0.39, 0.29) is 19.7 Å². The van der Waals surface area contributed by atoms with E-state index in [4.69, 9.17) is 14.2 Å². The molecule has 1 unspecified atom stereocenters. The molecule has 2 aliphatic rings. The first-order valence-corrected chi connectivity index (χ1v) is 10.5. The number of hydrogen-bond acceptors (Lipinski definition) is 6. The molecule has 1 fully saturated rings. The number of ether oxygens (including phenoxy) is 3. The van der Waals surface area contributed by atoms with E-state index in [1.807, 2.05) is 6.92 Å². The molecule has 1 spiro atoms. The largest absolute Gasteiger partial charge is 0.494 e. The number of fused-ring (bicyclic) bond motifs is 2. The van der Waals surface area contributed by atoms with Crippen molar-refractivity contribution in [2.24, 2.45) is 0 Å². The Kier molecular flexibility index (Phi) is 6.16.